The van der Waals surface area contributed by atoms with Gasteiger partial charge in [0.1, 0.15) is 12.4 Å². The number of fused-ring (bicyclic) bond motifs is 5. The molecule has 1 aromatic heterocycles. The van der Waals surface area contributed by atoms with E-state index in [1.54, 1.807) is 12.4 Å². The lowest BCUT2D eigenvalue weighted by Crippen LogP contribution is -2.60. The van der Waals surface area contributed by atoms with Crippen LogP contribution in [0.1, 0.15) is 35.4 Å². The Morgan fingerprint density at radius 3 is 2.11 bits per heavy atom. The Kier molecular flexibility index (Phi) is 5.82. The van der Waals surface area contributed by atoms with Crippen LogP contribution in [0.5, 0.6) is 0 Å². The van der Waals surface area contributed by atoms with E-state index >= 15 is 0 Å². The second kappa shape index (κ2) is 9.27. The summed E-state index contributed by atoms with van der Waals surface area (Å²) in [5, 5.41) is 0. The first-order valence-electron chi connectivity index (χ1n) is 12.3. The summed E-state index contributed by atoms with van der Waals surface area (Å²) in [6.07, 6.45) is 4.76. The topological polar surface area (TPSA) is 68.7 Å². The van der Waals surface area contributed by atoms with Crippen molar-refractivity contribution in [2.75, 3.05) is 19.8 Å². The maximum Gasteiger partial charge on any atom is 0.410 e. The third-order valence-corrected chi connectivity index (χ3v) is 7.65. The summed E-state index contributed by atoms with van der Waals surface area (Å²) in [7, 11) is 0. The number of carbonyl (C=O) groups is 2. The Labute approximate surface area is 204 Å². The standard InChI is InChI=1S/C29H28N2O4/c32-28(13-19-9-11-30-12-10-19)20-14-21-16-34-17-22(15-20)31(21)29(33)35-18-27-25-7-3-1-5-23(25)24-6-2-4-8-26(24)27/h1-12,20-22,27H,13-18H2. The number of aromatic nitrogens is 1. The number of carbonyl (C=O) groups excluding carboxylic acids is 2. The second-order valence-corrected chi connectivity index (χ2v) is 9.72. The summed E-state index contributed by atoms with van der Waals surface area (Å²) in [5.74, 6) is 0.182. The van der Waals surface area contributed by atoms with E-state index in [9.17, 15) is 9.59 Å². The molecule has 3 heterocycles. The molecule has 35 heavy (non-hydrogen) atoms. The third kappa shape index (κ3) is 4.12. The first-order valence-corrected chi connectivity index (χ1v) is 12.3. The summed E-state index contributed by atoms with van der Waals surface area (Å²) in [5.41, 5.74) is 5.80. The Hall–Kier alpha value is -3.51. The van der Waals surface area contributed by atoms with Gasteiger partial charge in [0.15, 0.2) is 0 Å². The Morgan fingerprint density at radius 1 is 0.886 bits per heavy atom. The number of hydrogen-bond acceptors (Lipinski definition) is 5. The molecule has 2 bridgehead atoms. The molecule has 0 saturated carbocycles. The van der Waals surface area contributed by atoms with Gasteiger partial charge in [0.25, 0.3) is 0 Å². The molecule has 1 aliphatic carbocycles. The average Bonchev–Trinajstić information content (AvgIpc) is 3.21. The van der Waals surface area contributed by atoms with E-state index < -0.39 is 0 Å². The van der Waals surface area contributed by atoms with Gasteiger partial charge in [-0.15, -0.1) is 0 Å². The Bertz CT molecular complexity index is 1180. The van der Waals surface area contributed by atoms with Gasteiger partial charge in [-0.3, -0.25) is 14.7 Å². The molecular formula is C29H28N2O4. The zero-order valence-electron chi connectivity index (χ0n) is 19.5. The van der Waals surface area contributed by atoms with Gasteiger partial charge in [0.2, 0.25) is 0 Å². The second-order valence-electron chi connectivity index (χ2n) is 9.72. The molecular weight excluding hydrogens is 440 g/mol. The van der Waals surface area contributed by atoms with Crippen LogP contribution in [-0.4, -0.2) is 53.7 Å². The van der Waals surface area contributed by atoms with E-state index in [0.29, 0.717) is 39.1 Å². The highest BCUT2D eigenvalue weighted by molar-refractivity contribution is 5.84. The van der Waals surface area contributed by atoms with Gasteiger partial charge >= 0.3 is 6.09 Å². The minimum absolute atomic E-state index is 0.0296. The average molecular weight is 469 g/mol. The predicted molar refractivity (Wildman–Crippen MR) is 131 cm³/mol. The number of pyridine rings is 1. The van der Waals surface area contributed by atoms with Gasteiger partial charge in [-0.2, -0.15) is 0 Å². The Morgan fingerprint density at radius 2 is 1.49 bits per heavy atom. The maximum atomic E-state index is 13.3. The molecule has 6 heteroatoms. The molecule has 6 rings (SSSR count). The molecule has 2 fully saturated rings. The van der Waals surface area contributed by atoms with Crippen LogP contribution >= 0.6 is 0 Å². The fourth-order valence-corrected chi connectivity index (χ4v) is 5.99. The van der Waals surface area contributed by atoms with Gasteiger partial charge in [0, 0.05) is 30.7 Å². The lowest BCUT2D eigenvalue weighted by atomic mass is 9.81. The molecule has 1 amide bonds. The summed E-state index contributed by atoms with van der Waals surface area (Å²) in [4.78, 5) is 32.2. The monoisotopic (exact) mass is 468 g/mol. The molecule has 0 radical (unpaired) electrons. The molecule has 0 spiro atoms. The summed E-state index contributed by atoms with van der Waals surface area (Å²) in [6, 6.07) is 20.2. The van der Waals surface area contributed by atoms with Crippen LogP contribution in [0.2, 0.25) is 0 Å². The van der Waals surface area contributed by atoms with E-state index in [-0.39, 0.29) is 35.8 Å². The first-order chi connectivity index (χ1) is 17.2. The number of morpholine rings is 1. The first kappa shape index (κ1) is 22.0. The lowest BCUT2D eigenvalue weighted by molar-refractivity contribution is -0.130. The summed E-state index contributed by atoms with van der Waals surface area (Å²) < 4.78 is 11.7. The van der Waals surface area contributed by atoms with Crippen LogP contribution in [0.25, 0.3) is 11.1 Å². The van der Waals surface area contributed by atoms with Gasteiger partial charge in [0.05, 0.1) is 25.3 Å². The number of benzene rings is 2. The molecule has 2 aliphatic heterocycles. The molecule has 2 aromatic carbocycles. The van der Waals surface area contributed by atoms with Crippen molar-refractivity contribution >= 4 is 11.9 Å². The predicted octanol–water partition coefficient (Wildman–Crippen LogP) is 4.62. The number of Topliss-reactive ketones (excluding diaryl/α,β-unsaturated/α-hetero) is 1. The SMILES string of the molecule is O=C(Cc1ccncc1)C1CC2COCC(C1)N2C(=O)OCC1c2ccccc2-c2ccccc21. The Balaban J connectivity index is 1.14. The quantitative estimate of drug-likeness (QED) is 0.547. The number of ether oxygens (including phenoxy) is 2. The van der Waals surface area contributed by atoms with Crippen LogP contribution in [0, 0.1) is 5.92 Å². The third-order valence-electron chi connectivity index (χ3n) is 7.65. The van der Waals surface area contributed by atoms with Crippen molar-refractivity contribution in [3.8, 4) is 11.1 Å². The van der Waals surface area contributed by atoms with Crippen molar-refractivity contribution in [2.24, 2.45) is 5.92 Å². The number of nitrogens with zero attached hydrogens (tertiary/aromatic N) is 2. The minimum atomic E-state index is -0.301. The van der Waals surface area contributed by atoms with E-state index in [1.807, 2.05) is 41.3 Å². The van der Waals surface area contributed by atoms with Crippen LogP contribution < -0.4 is 0 Å². The van der Waals surface area contributed by atoms with Crippen molar-refractivity contribution in [2.45, 2.75) is 37.3 Å². The number of hydrogen-bond donors (Lipinski definition) is 0. The molecule has 2 atom stereocenters. The lowest BCUT2D eigenvalue weighted by Gasteiger charge is -2.47. The van der Waals surface area contributed by atoms with Crippen LogP contribution in [-0.2, 0) is 20.7 Å². The molecule has 178 valence electrons. The maximum absolute atomic E-state index is 13.3. The fraction of sp³-hybridized carbons (Fsp3) is 0.345. The van der Waals surface area contributed by atoms with Crippen molar-refractivity contribution in [3.05, 3.63) is 89.7 Å². The van der Waals surface area contributed by atoms with Gasteiger partial charge < -0.3 is 9.47 Å². The minimum Gasteiger partial charge on any atom is -0.448 e. The molecule has 3 aliphatic rings. The highest BCUT2D eigenvalue weighted by Gasteiger charge is 2.44. The molecule has 3 aromatic rings. The van der Waals surface area contributed by atoms with Crippen molar-refractivity contribution in [1.29, 1.82) is 0 Å². The van der Waals surface area contributed by atoms with Crippen molar-refractivity contribution in [3.63, 3.8) is 0 Å². The number of amides is 1. The summed E-state index contributed by atoms with van der Waals surface area (Å²) in [6.45, 7) is 1.19. The van der Waals surface area contributed by atoms with Crippen LogP contribution in [0.3, 0.4) is 0 Å². The van der Waals surface area contributed by atoms with Gasteiger partial charge in [-0.1, -0.05) is 48.5 Å². The van der Waals surface area contributed by atoms with Crippen LogP contribution in [0.4, 0.5) is 4.79 Å². The van der Waals surface area contributed by atoms with Crippen molar-refractivity contribution in [1.82, 2.24) is 9.88 Å². The molecule has 2 unspecified atom stereocenters. The van der Waals surface area contributed by atoms with Crippen LogP contribution in [0.15, 0.2) is 73.1 Å². The normalized spacial score (nSPS) is 22.9. The number of rotatable bonds is 5. The zero-order chi connectivity index (χ0) is 23.8. The highest BCUT2D eigenvalue weighted by Crippen LogP contribution is 2.44. The van der Waals surface area contributed by atoms with Gasteiger partial charge in [-0.25, -0.2) is 4.79 Å². The zero-order valence-corrected chi connectivity index (χ0v) is 19.5. The molecule has 0 N–H and O–H groups in total. The number of piperidine rings is 1. The smallest absolute Gasteiger partial charge is 0.410 e. The largest absolute Gasteiger partial charge is 0.448 e. The van der Waals surface area contributed by atoms with Gasteiger partial charge in [-0.05, 0) is 52.8 Å². The highest BCUT2D eigenvalue weighted by atomic mass is 16.6. The molecule has 6 nitrogen and oxygen atoms in total. The van der Waals surface area contributed by atoms with E-state index in [0.717, 1.165) is 5.56 Å². The molecule has 2 saturated heterocycles. The summed E-state index contributed by atoms with van der Waals surface area (Å²) >= 11 is 0. The number of ketones is 1. The van der Waals surface area contributed by atoms with Crippen molar-refractivity contribution < 1.29 is 19.1 Å². The van der Waals surface area contributed by atoms with E-state index in [2.05, 4.69) is 29.2 Å². The fourth-order valence-electron chi connectivity index (χ4n) is 5.99. The van der Waals surface area contributed by atoms with E-state index in [1.165, 1.54) is 22.3 Å². The van der Waals surface area contributed by atoms with E-state index in [4.69, 9.17) is 9.47 Å².